The van der Waals surface area contributed by atoms with Crippen molar-refractivity contribution in [3.8, 4) is 0 Å². The molecule has 0 radical (unpaired) electrons. The van der Waals surface area contributed by atoms with Gasteiger partial charge in [0, 0.05) is 50.9 Å². The minimum atomic E-state index is 0.0535. The fourth-order valence-electron chi connectivity index (χ4n) is 2.74. The van der Waals surface area contributed by atoms with Gasteiger partial charge in [-0.25, -0.2) is 0 Å². The molecule has 0 saturated carbocycles. The Morgan fingerprint density at radius 3 is 2.45 bits per heavy atom. The van der Waals surface area contributed by atoms with Crippen LogP contribution in [-0.2, 0) is 4.79 Å². The van der Waals surface area contributed by atoms with E-state index in [4.69, 9.17) is 0 Å². The predicted octanol–water partition coefficient (Wildman–Crippen LogP) is 1.54. The van der Waals surface area contributed by atoms with Crippen molar-refractivity contribution in [1.82, 2.24) is 15.1 Å². The van der Waals surface area contributed by atoms with E-state index in [9.17, 15) is 4.79 Å². The first-order valence-electron chi connectivity index (χ1n) is 8.09. The maximum absolute atomic E-state index is 11.4. The highest BCUT2D eigenvalue weighted by molar-refractivity contribution is 5.90. The Morgan fingerprint density at radius 1 is 1.27 bits per heavy atom. The Labute approximate surface area is 133 Å². The van der Waals surface area contributed by atoms with Crippen molar-refractivity contribution in [3.63, 3.8) is 0 Å². The Kier molecular flexibility index (Phi) is 6.36. The van der Waals surface area contributed by atoms with Crippen molar-refractivity contribution < 1.29 is 4.79 Å². The third kappa shape index (κ3) is 4.80. The van der Waals surface area contributed by atoms with Crippen LogP contribution < -0.4 is 10.6 Å². The number of nitrogens with zero attached hydrogens (tertiary/aromatic N) is 2. The van der Waals surface area contributed by atoms with Crippen LogP contribution in [0.15, 0.2) is 24.3 Å². The van der Waals surface area contributed by atoms with Crippen LogP contribution in [0, 0.1) is 0 Å². The van der Waals surface area contributed by atoms with Crippen molar-refractivity contribution in [2.24, 2.45) is 0 Å². The van der Waals surface area contributed by atoms with Gasteiger partial charge in [0.25, 0.3) is 0 Å². The molecule has 1 aromatic carbocycles. The fraction of sp³-hybridized carbons (Fsp3) is 0.588. The summed E-state index contributed by atoms with van der Waals surface area (Å²) in [4.78, 5) is 16.2. The number of piperazine rings is 1. The van der Waals surface area contributed by atoms with Crippen LogP contribution in [0.1, 0.15) is 24.9 Å². The molecule has 0 aliphatic carbocycles. The normalized spacial score (nSPS) is 17.5. The zero-order chi connectivity index (χ0) is 15.9. The minimum Gasteiger partial charge on any atom is -0.326 e. The van der Waals surface area contributed by atoms with E-state index in [1.54, 1.807) is 0 Å². The average Bonchev–Trinajstić information content (AvgIpc) is 2.54. The third-order valence-corrected chi connectivity index (χ3v) is 4.16. The molecule has 2 N–H and O–H groups in total. The van der Waals surface area contributed by atoms with Crippen molar-refractivity contribution >= 4 is 11.6 Å². The molecule has 1 unspecified atom stereocenters. The molecule has 0 bridgehead atoms. The van der Waals surface area contributed by atoms with Crippen molar-refractivity contribution in [3.05, 3.63) is 29.8 Å². The van der Waals surface area contributed by atoms with E-state index in [2.05, 4.69) is 46.7 Å². The summed E-state index contributed by atoms with van der Waals surface area (Å²) in [5.74, 6) is 0.0535. The molecule has 1 atom stereocenters. The number of hydrogen-bond acceptors (Lipinski definition) is 4. The second kappa shape index (κ2) is 8.27. The first kappa shape index (κ1) is 16.9. The van der Waals surface area contributed by atoms with Gasteiger partial charge in [-0.2, -0.15) is 0 Å². The number of hydrogen-bond donors (Lipinski definition) is 2. The SMILES string of the molecule is CCC(=O)Nc1ccc(C(CN2CCNCC2)N(C)C)cc1. The highest BCUT2D eigenvalue weighted by Gasteiger charge is 2.19. The number of nitrogens with one attached hydrogen (secondary N) is 2. The number of amides is 1. The first-order chi connectivity index (χ1) is 10.6. The van der Waals surface area contributed by atoms with Crippen LogP contribution in [0.5, 0.6) is 0 Å². The summed E-state index contributed by atoms with van der Waals surface area (Å²) in [6.07, 6.45) is 0.505. The lowest BCUT2D eigenvalue weighted by Gasteiger charge is -2.34. The molecule has 1 aromatic rings. The van der Waals surface area contributed by atoms with E-state index in [0.29, 0.717) is 12.5 Å². The highest BCUT2D eigenvalue weighted by Crippen LogP contribution is 2.22. The average molecular weight is 304 g/mol. The summed E-state index contributed by atoms with van der Waals surface area (Å²) in [7, 11) is 4.25. The second-order valence-corrected chi connectivity index (χ2v) is 6.05. The fourth-order valence-corrected chi connectivity index (χ4v) is 2.74. The van der Waals surface area contributed by atoms with Gasteiger partial charge in [0.15, 0.2) is 0 Å². The number of rotatable bonds is 6. The number of carbonyl (C=O) groups is 1. The summed E-state index contributed by atoms with van der Waals surface area (Å²) in [6, 6.07) is 8.61. The standard InChI is InChI=1S/C17H28N4O/c1-4-17(22)19-15-7-5-14(6-8-15)16(20(2)3)13-21-11-9-18-10-12-21/h5-8,16,18H,4,9-13H2,1-3H3,(H,19,22). The lowest BCUT2D eigenvalue weighted by Crippen LogP contribution is -2.46. The molecule has 2 rings (SSSR count). The van der Waals surface area contributed by atoms with E-state index in [1.165, 1.54) is 5.56 Å². The number of anilines is 1. The number of likely N-dealkylation sites (N-methyl/N-ethyl adjacent to an activating group) is 1. The van der Waals surface area contributed by atoms with E-state index < -0.39 is 0 Å². The quantitative estimate of drug-likeness (QED) is 0.837. The van der Waals surface area contributed by atoms with Crippen molar-refractivity contribution in [2.45, 2.75) is 19.4 Å². The van der Waals surface area contributed by atoms with Gasteiger partial charge in [-0.15, -0.1) is 0 Å². The maximum atomic E-state index is 11.4. The lowest BCUT2D eigenvalue weighted by molar-refractivity contribution is -0.115. The van der Waals surface area contributed by atoms with Crippen molar-refractivity contribution in [2.75, 3.05) is 52.1 Å². The molecule has 1 saturated heterocycles. The van der Waals surface area contributed by atoms with E-state index >= 15 is 0 Å². The zero-order valence-corrected chi connectivity index (χ0v) is 13.9. The number of carbonyl (C=O) groups excluding carboxylic acids is 1. The van der Waals surface area contributed by atoms with Gasteiger partial charge in [0.05, 0.1) is 0 Å². The first-order valence-corrected chi connectivity index (χ1v) is 8.09. The topological polar surface area (TPSA) is 47.6 Å². The monoisotopic (exact) mass is 304 g/mol. The van der Waals surface area contributed by atoms with Gasteiger partial charge in [0.1, 0.15) is 0 Å². The van der Waals surface area contributed by atoms with Crippen LogP contribution in [0.25, 0.3) is 0 Å². The predicted molar refractivity (Wildman–Crippen MR) is 91.1 cm³/mol. The lowest BCUT2D eigenvalue weighted by atomic mass is 10.0. The molecule has 0 spiro atoms. The Bertz CT molecular complexity index is 466. The Morgan fingerprint density at radius 2 is 1.91 bits per heavy atom. The summed E-state index contributed by atoms with van der Waals surface area (Å²) in [6.45, 7) is 7.25. The van der Waals surface area contributed by atoms with Gasteiger partial charge in [-0.05, 0) is 31.8 Å². The molecule has 122 valence electrons. The van der Waals surface area contributed by atoms with Crippen molar-refractivity contribution in [1.29, 1.82) is 0 Å². The molecule has 22 heavy (non-hydrogen) atoms. The number of benzene rings is 1. The summed E-state index contributed by atoms with van der Waals surface area (Å²) >= 11 is 0. The van der Waals surface area contributed by atoms with Crippen LogP contribution in [0.2, 0.25) is 0 Å². The summed E-state index contributed by atoms with van der Waals surface area (Å²) < 4.78 is 0. The van der Waals surface area contributed by atoms with E-state index in [1.807, 2.05) is 19.1 Å². The Hall–Kier alpha value is -1.43. The molecule has 1 aliphatic rings. The smallest absolute Gasteiger partial charge is 0.224 e. The highest BCUT2D eigenvalue weighted by atomic mass is 16.1. The van der Waals surface area contributed by atoms with E-state index in [0.717, 1.165) is 38.4 Å². The summed E-state index contributed by atoms with van der Waals surface area (Å²) in [5, 5.41) is 6.29. The minimum absolute atomic E-state index is 0.0535. The second-order valence-electron chi connectivity index (χ2n) is 6.05. The van der Waals surface area contributed by atoms with Gasteiger partial charge in [-0.1, -0.05) is 19.1 Å². The van der Waals surface area contributed by atoms with Gasteiger partial charge in [0.2, 0.25) is 5.91 Å². The molecule has 1 fully saturated rings. The largest absolute Gasteiger partial charge is 0.326 e. The van der Waals surface area contributed by atoms with E-state index in [-0.39, 0.29) is 5.91 Å². The molecular formula is C17H28N4O. The van der Waals surface area contributed by atoms with Crippen LogP contribution >= 0.6 is 0 Å². The maximum Gasteiger partial charge on any atom is 0.224 e. The zero-order valence-electron chi connectivity index (χ0n) is 13.9. The third-order valence-electron chi connectivity index (χ3n) is 4.16. The molecule has 0 aromatic heterocycles. The van der Waals surface area contributed by atoms with Crippen LogP contribution in [0.4, 0.5) is 5.69 Å². The summed E-state index contributed by atoms with van der Waals surface area (Å²) in [5.41, 5.74) is 2.16. The molecule has 1 heterocycles. The molecule has 5 heteroatoms. The molecule has 1 aliphatic heterocycles. The molecular weight excluding hydrogens is 276 g/mol. The molecule has 5 nitrogen and oxygen atoms in total. The van der Waals surface area contributed by atoms with Gasteiger partial charge >= 0.3 is 0 Å². The Balaban J connectivity index is 2.02. The van der Waals surface area contributed by atoms with Crippen LogP contribution in [0.3, 0.4) is 0 Å². The van der Waals surface area contributed by atoms with Gasteiger partial charge < -0.3 is 15.5 Å². The molecule has 1 amide bonds. The van der Waals surface area contributed by atoms with Gasteiger partial charge in [-0.3, -0.25) is 9.69 Å². The van der Waals surface area contributed by atoms with Crippen LogP contribution in [-0.4, -0.2) is 62.5 Å².